The molecule has 0 radical (unpaired) electrons. The van der Waals surface area contributed by atoms with E-state index < -0.39 is 0 Å². The number of ether oxygens (including phenoxy) is 1. The van der Waals surface area contributed by atoms with Crippen molar-refractivity contribution in [3.63, 3.8) is 0 Å². The second kappa shape index (κ2) is 8.82. The number of thioether (sulfide) groups is 2. The van der Waals surface area contributed by atoms with Gasteiger partial charge in [-0.1, -0.05) is 41.6 Å². The maximum atomic E-state index is 5.79. The standard InChI is InChI=1S/C20H21N3O2S2/c21-12-14-2-4-15(5-3-14)19-22-18(25-23-19)13-24-17-8-6-16(7-9-17)20-26-10-1-11-27-20/h2-9,20H,1,10-13,21H2. The molecule has 0 unspecified atom stereocenters. The SMILES string of the molecule is NCc1ccc(-c2noc(COc3ccc(C4SCCCS4)cc3)n2)cc1. The lowest BCUT2D eigenvalue weighted by Gasteiger charge is -2.21. The van der Waals surface area contributed by atoms with E-state index in [1.54, 1.807) is 0 Å². The summed E-state index contributed by atoms with van der Waals surface area (Å²) in [4.78, 5) is 4.40. The summed E-state index contributed by atoms with van der Waals surface area (Å²) in [7, 11) is 0. The molecule has 1 aliphatic rings. The van der Waals surface area contributed by atoms with Crippen molar-refractivity contribution in [3.8, 4) is 17.1 Å². The minimum absolute atomic E-state index is 0.250. The third-order valence-corrected chi connectivity index (χ3v) is 7.27. The van der Waals surface area contributed by atoms with Crippen molar-refractivity contribution >= 4 is 23.5 Å². The molecule has 2 N–H and O–H groups in total. The third-order valence-electron chi connectivity index (χ3n) is 4.26. The van der Waals surface area contributed by atoms with E-state index in [1.807, 2.05) is 59.9 Å². The molecule has 4 rings (SSSR count). The number of nitrogens with two attached hydrogens (primary N) is 1. The van der Waals surface area contributed by atoms with Gasteiger partial charge in [0.25, 0.3) is 5.89 Å². The second-order valence-electron chi connectivity index (χ2n) is 6.20. The maximum absolute atomic E-state index is 5.79. The molecule has 1 aromatic heterocycles. The van der Waals surface area contributed by atoms with Gasteiger partial charge in [-0.3, -0.25) is 0 Å². The molecule has 1 aliphatic heterocycles. The van der Waals surface area contributed by atoms with Crippen LogP contribution < -0.4 is 10.5 Å². The Hall–Kier alpha value is -1.96. The molecule has 140 valence electrons. The number of hydrogen-bond acceptors (Lipinski definition) is 7. The van der Waals surface area contributed by atoms with E-state index in [-0.39, 0.29) is 6.61 Å². The van der Waals surface area contributed by atoms with Crippen LogP contribution in [0.2, 0.25) is 0 Å². The Kier molecular flexibility index (Phi) is 6.01. The van der Waals surface area contributed by atoms with Crippen LogP contribution in [0, 0.1) is 0 Å². The fourth-order valence-corrected chi connectivity index (χ4v) is 5.66. The zero-order valence-electron chi connectivity index (χ0n) is 14.8. The summed E-state index contributed by atoms with van der Waals surface area (Å²) < 4.78 is 11.6. The molecule has 27 heavy (non-hydrogen) atoms. The molecule has 0 amide bonds. The molecule has 1 saturated heterocycles. The van der Waals surface area contributed by atoms with Crippen LogP contribution in [0.25, 0.3) is 11.4 Å². The quantitative estimate of drug-likeness (QED) is 0.647. The summed E-state index contributed by atoms with van der Waals surface area (Å²) in [6.45, 7) is 0.767. The average molecular weight is 400 g/mol. The number of benzene rings is 2. The largest absolute Gasteiger partial charge is 0.484 e. The molecule has 1 fully saturated rings. The van der Waals surface area contributed by atoms with Gasteiger partial charge in [0.15, 0.2) is 6.61 Å². The maximum Gasteiger partial charge on any atom is 0.264 e. The Bertz CT molecular complexity index is 860. The molecular weight excluding hydrogens is 378 g/mol. The summed E-state index contributed by atoms with van der Waals surface area (Å²) in [6.07, 6.45) is 1.30. The van der Waals surface area contributed by atoms with E-state index >= 15 is 0 Å². The zero-order chi connectivity index (χ0) is 18.5. The molecule has 5 nitrogen and oxygen atoms in total. The van der Waals surface area contributed by atoms with Crippen LogP contribution in [-0.2, 0) is 13.2 Å². The van der Waals surface area contributed by atoms with Crippen molar-refractivity contribution in [2.75, 3.05) is 11.5 Å². The van der Waals surface area contributed by atoms with Crippen molar-refractivity contribution in [2.24, 2.45) is 5.73 Å². The average Bonchev–Trinajstić information content (AvgIpc) is 3.22. The number of aromatic nitrogens is 2. The minimum atomic E-state index is 0.250. The van der Waals surface area contributed by atoms with Gasteiger partial charge in [0.1, 0.15) is 5.75 Å². The van der Waals surface area contributed by atoms with Gasteiger partial charge in [-0.15, -0.1) is 23.5 Å². The molecule has 3 aromatic rings. The Balaban J connectivity index is 1.35. The van der Waals surface area contributed by atoms with E-state index in [4.69, 9.17) is 15.0 Å². The van der Waals surface area contributed by atoms with Crippen LogP contribution in [0.15, 0.2) is 53.1 Å². The van der Waals surface area contributed by atoms with Crippen molar-refractivity contribution in [1.82, 2.24) is 10.1 Å². The van der Waals surface area contributed by atoms with Crippen LogP contribution >= 0.6 is 23.5 Å². The van der Waals surface area contributed by atoms with Crippen molar-refractivity contribution < 1.29 is 9.26 Å². The summed E-state index contributed by atoms with van der Waals surface area (Å²) in [6, 6.07) is 16.1. The first-order valence-electron chi connectivity index (χ1n) is 8.90. The number of hydrogen-bond donors (Lipinski definition) is 1. The van der Waals surface area contributed by atoms with E-state index in [9.17, 15) is 0 Å². The smallest absolute Gasteiger partial charge is 0.264 e. The fraction of sp³-hybridized carbons (Fsp3) is 0.300. The Labute approximate surface area is 167 Å². The highest BCUT2D eigenvalue weighted by Gasteiger charge is 2.16. The lowest BCUT2D eigenvalue weighted by Crippen LogP contribution is -2.00. The second-order valence-corrected chi connectivity index (χ2v) is 8.92. The van der Waals surface area contributed by atoms with Crippen LogP contribution in [0.3, 0.4) is 0 Å². The van der Waals surface area contributed by atoms with Crippen molar-refractivity contribution in [2.45, 2.75) is 24.2 Å². The van der Waals surface area contributed by atoms with Gasteiger partial charge in [0.05, 0.1) is 4.58 Å². The topological polar surface area (TPSA) is 74.2 Å². The summed E-state index contributed by atoms with van der Waals surface area (Å²) in [5, 5.41) is 4.03. The van der Waals surface area contributed by atoms with Crippen LogP contribution in [0.5, 0.6) is 5.75 Å². The highest BCUT2D eigenvalue weighted by atomic mass is 32.2. The monoisotopic (exact) mass is 399 g/mol. The predicted molar refractivity (Wildman–Crippen MR) is 111 cm³/mol. The summed E-state index contributed by atoms with van der Waals surface area (Å²) in [5.41, 5.74) is 8.93. The molecular formula is C20H21N3O2S2. The predicted octanol–water partition coefficient (Wildman–Crippen LogP) is 4.64. The molecule has 7 heteroatoms. The first-order valence-corrected chi connectivity index (χ1v) is 11.0. The van der Waals surface area contributed by atoms with Gasteiger partial charge >= 0.3 is 0 Å². The van der Waals surface area contributed by atoms with Crippen LogP contribution in [0.4, 0.5) is 0 Å². The van der Waals surface area contributed by atoms with Gasteiger partial charge in [0.2, 0.25) is 5.82 Å². The molecule has 0 aliphatic carbocycles. The van der Waals surface area contributed by atoms with Crippen LogP contribution in [0.1, 0.15) is 28.0 Å². The van der Waals surface area contributed by atoms with E-state index in [0.29, 0.717) is 22.8 Å². The zero-order valence-corrected chi connectivity index (χ0v) is 16.5. The molecule has 0 spiro atoms. The Morgan fingerprint density at radius 3 is 2.48 bits per heavy atom. The van der Waals surface area contributed by atoms with E-state index in [2.05, 4.69) is 22.3 Å². The Morgan fingerprint density at radius 2 is 1.78 bits per heavy atom. The van der Waals surface area contributed by atoms with Crippen molar-refractivity contribution in [3.05, 3.63) is 65.5 Å². The minimum Gasteiger partial charge on any atom is -0.484 e. The molecule has 0 atom stereocenters. The molecule has 0 saturated carbocycles. The third kappa shape index (κ3) is 4.66. The molecule has 0 bridgehead atoms. The number of nitrogens with zero attached hydrogens (tertiary/aromatic N) is 2. The fourth-order valence-electron chi connectivity index (χ4n) is 2.77. The van der Waals surface area contributed by atoms with Gasteiger partial charge in [-0.2, -0.15) is 4.98 Å². The van der Waals surface area contributed by atoms with E-state index in [1.165, 1.54) is 23.5 Å². The number of rotatable bonds is 6. The summed E-state index contributed by atoms with van der Waals surface area (Å²) >= 11 is 4.03. The first kappa shape index (κ1) is 18.4. The highest BCUT2D eigenvalue weighted by molar-refractivity contribution is 8.16. The summed E-state index contributed by atoms with van der Waals surface area (Å²) in [5.74, 6) is 4.29. The normalized spacial score (nSPS) is 15.0. The lowest BCUT2D eigenvalue weighted by atomic mass is 10.1. The van der Waals surface area contributed by atoms with Crippen molar-refractivity contribution in [1.29, 1.82) is 0 Å². The van der Waals surface area contributed by atoms with E-state index in [0.717, 1.165) is 16.9 Å². The van der Waals surface area contributed by atoms with Gasteiger partial charge in [-0.25, -0.2) is 0 Å². The molecule has 2 heterocycles. The van der Waals surface area contributed by atoms with Crippen LogP contribution in [-0.4, -0.2) is 21.6 Å². The van der Waals surface area contributed by atoms with Gasteiger partial charge < -0.3 is 15.0 Å². The highest BCUT2D eigenvalue weighted by Crippen LogP contribution is 2.43. The van der Waals surface area contributed by atoms with Gasteiger partial charge in [-0.05, 0) is 41.2 Å². The van der Waals surface area contributed by atoms with Gasteiger partial charge in [0, 0.05) is 12.1 Å². The lowest BCUT2D eigenvalue weighted by molar-refractivity contribution is 0.243. The Morgan fingerprint density at radius 1 is 1.04 bits per heavy atom. The molecule has 2 aromatic carbocycles. The first-order chi connectivity index (χ1) is 13.3.